The summed E-state index contributed by atoms with van der Waals surface area (Å²) in [7, 11) is 0. The molecular weight excluding hydrogens is 403 g/mol. The summed E-state index contributed by atoms with van der Waals surface area (Å²) in [4.78, 5) is 18.4. The molecule has 0 radical (unpaired) electrons. The minimum atomic E-state index is -0.637. The number of aliphatic hydroxyl groups is 1. The number of halogens is 1. The molecule has 0 aliphatic carbocycles. The zero-order valence-corrected chi connectivity index (χ0v) is 18.1. The van der Waals surface area contributed by atoms with Crippen LogP contribution >= 0.6 is 0 Å². The molecule has 2 heterocycles. The molecule has 0 atom stereocenters. The van der Waals surface area contributed by atoms with Gasteiger partial charge in [0.15, 0.2) is 0 Å². The van der Waals surface area contributed by atoms with Crippen molar-refractivity contribution < 1.29 is 23.6 Å². The molecule has 2 aromatic rings. The molecule has 1 aromatic heterocycles. The summed E-state index contributed by atoms with van der Waals surface area (Å²) in [6.07, 6.45) is 4.06. The fourth-order valence-electron chi connectivity index (χ4n) is 3.61. The Balaban J connectivity index is 1.36. The molecule has 1 aromatic carbocycles. The first kappa shape index (κ1) is 23.0. The number of carbonyl (C=O) groups is 1. The number of piperidine rings is 1. The van der Waals surface area contributed by atoms with Crippen molar-refractivity contribution in [2.45, 2.75) is 45.4 Å². The summed E-state index contributed by atoms with van der Waals surface area (Å²) >= 11 is 0. The third-order valence-electron chi connectivity index (χ3n) is 5.43. The monoisotopic (exact) mass is 434 g/mol. The van der Waals surface area contributed by atoms with Gasteiger partial charge in [-0.3, -0.25) is 4.79 Å². The van der Waals surface area contributed by atoms with Gasteiger partial charge in [-0.2, -0.15) is 4.98 Å². The number of anilines is 1. The maximum absolute atomic E-state index is 14.1. The average molecular weight is 435 g/mol. The first-order valence-electron chi connectivity index (χ1n) is 10.9. The van der Waals surface area contributed by atoms with Gasteiger partial charge < -0.3 is 24.6 Å². The Hall–Kier alpha value is -2.68. The van der Waals surface area contributed by atoms with E-state index in [1.807, 2.05) is 13.8 Å². The number of hydrogen-bond donors (Lipinski definition) is 2. The lowest BCUT2D eigenvalue weighted by atomic mass is 9.92. The standard InChI is InChI=1S/C22H31FN4O4/c1-15(2)21-25-22(26-31-21)27-10-7-16(8-11-27)4-3-13-30-17-5-6-18(19(23)14-17)20(29)24-9-12-28/h5-6,14-16,28H,3-4,7-13H2,1-2H3,(H,24,29). The zero-order valence-electron chi connectivity index (χ0n) is 18.1. The van der Waals surface area contributed by atoms with Crippen LogP contribution in [0.5, 0.6) is 5.75 Å². The third kappa shape index (κ3) is 6.40. The molecule has 3 rings (SSSR count). The molecule has 1 aliphatic rings. The van der Waals surface area contributed by atoms with Crippen molar-refractivity contribution in [2.75, 3.05) is 37.7 Å². The number of aliphatic hydroxyl groups excluding tert-OH is 1. The second-order valence-electron chi connectivity index (χ2n) is 8.13. The number of benzene rings is 1. The number of amides is 1. The molecule has 2 N–H and O–H groups in total. The van der Waals surface area contributed by atoms with Crippen molar-refractivity contribution in [3.8, 4) is 5.75 Å². The van der Waals surface area contributed by atoms with Crippen molar-refractivity contribution in [3.63, 3.8) is 0 Å². The highest BCUT2D eigenvalue weighted by Crippen LogP contribution is 2.26. The Morgan fingerprint density at radius 3 is 2.81 bits per heavy atom. The lowest BCUT2D eigenvalue weighted by Gasteiger charge is -2.30. The topological polar surface area (TPSA) is 101 Å². The van der Waals surface area contributed by atoms with E-state index in [1.165, 1.54) is 12.1 Å². The molecule has 170 valence electrons. The minimum absolute atomic E-state index is 0.0605. The highest BCUT2D eigenvalue weighted by Gasteiger charge is 2.23. The Kier molecular flexibility index (Phi) is 8.22. The molecule has 1 saturated heterocycles. The number of carbonyl (C=O) groups excluding carboxylic acids is 1. The van der Waals surface area contributed by atoms with Crippen LogP contribution in [0.25, 0.3) is 0 Å². The van der Waals surface area contributed by atoms with Crippen LogP contribution in [-0.2, 0) is 0 Å². The predicted octanol–water partition coefficient (Wildman–Crippen LogP) is 3.13. The first-order chi connectivity index (χ1) is 15.0. The number of hydrogen-bond acceptors (Lipinski definition) is 7. The minimum Gasteiger partial charge on any atom is -0.493 e. The fourth-order valence-corrected chi connectivity index (χ4v) is 3.61. The normalized spacial score (nSPS) is 14.8. The van der Waals surface area contributed by atoms with Gasteiger partial charge in [0.2, 0.25) is 5.89 Å². The van der Waals surface area contributed by atoms with Gasteiger partial charge >= 0.3 is 0 Å². The van der Waals surface area contributed by atoms with Crippen molar-refractivity contribution in [1.29, 1.82) is 0 Å². The molecule has 8 nitrogen and oxygen atoms in total. The number of nitrogens with one attached hydrogen (secondary N) is 1. The summed E-state index contributed by atoms with van der Waals surface area (Å²) in [6, 6.07) is 4.21. The quantitative estimate of drug-likeness (QED) is 0.554. The lowest BCUT2D eigenvalue weighted by molar-refractivity contribution is 0.0940. The summed E-state index contributed by atoms with van der Waals surface area (Å²) in [5.41, 5.74) is -0.0605. The van der Waals surface area contributed by atoms with E-state index in [-0.39, 0.29) is 24.6 Å². The van der Waals surface area contributed by atoms with Crippen LogP contribution in [0.4, 0.5) is 10.3 Å². The SMILES string of the molecule is CC(C)c1nc(N2CCC(CCCOc3ccc(C(=O)NCCO)c(F)c3)CC2)no1. The number of nitrogens with zero attached hydrogens (tertiary/aromatic N) is 3. The van der Waals surface area contributed by atoms with Crippen molar-refractivity contribution >= 4 is 11.9 Å². The van der Waals surface area contributed by atoms with E-state index in [9.17, 15) is 9.18 Å². The number of rotatable bonds is 10. The van der Waals surface area contributed by atoms with Crippen molar-refractivity contribution in [2.24, 2.45) is 5.92 Å². The number of ether oxygens (including phenoxy) is 1. The Morgan fingerprint density at radius 2 is 2.16 bits per heavy atom. The largest absolute Gasteiger partial charge is 0.493 e. The maximum atomic E-state index is 14.1. The van der Waals surface area contributed by atoms with E-state index in [2.05, 4.69) is 20.4 Å². The van der Waals surface area contributed by atoms with E-state index in [4.69, 9.17) is 14.4 Å². The molecule has 1 amide bonds. The van der Waals surface area contributed by atoms with Gasteiger partial charge in [-0.15, -0.1) is 0 Å². The van der Waals surface area contributed by atoms with Crippen LogP contribution in [0.1, 0.15) is 61.7 Å². The molecular formula is C22H31FN4O4. The lowest BCUT2D eigenvalue weighted by Crippen LogP contribution is -2.34. The molecule has 1 fully saturated rings. The molecule has 1 aliphatic heterocycles. The molecule has 9 heteroatoms. The molecule has 0 spiro atoms. The second-order valence-corrected chi connectivity index (χ2v) is 8.13. The van der Waals surface area contributed by atoms with Gasteiger partial charge in [0.05, 0.1) is 18.8 Å². The summed E-state index contributed by atoms with van der Waals surface area (Å²) in [6.45, 7) is 6.28. The summed E-state index contributed by atoms with van der Waals surface area (Å²) in [5, 5.41) is 15.3. The van der Waals surface area contributed by atoms with Gasteiger partial charge in [-0.25, -0.2) is 4.39 Å². The Bertz CT molecular complexity index is 850. The van der Waals surface area contributed by atoms with Gasteiger partial charge in [0.25, 0.3) is 11.9 Å². The fraction of sp³-hybridized carbons (Fsp3) is 0.591. The smallest absolute Gasteiger partial charge is 0.266 e. The van der Waals surface area contributed by atoms with E-state index in [1.54, 1.807) is 6.07 Å². The van der Waals surface area contributed by atoms with Crippen LogP contribution in [0, 0.1) is 11.7 Å². The van der Waals surface area contributed by atoms with E-state index in [0.29, 0.717) is 30.1 Å². The maximum Gasteiger partial charge on any atom is 0.266 e. The van der Waals surface area contributed by atoms with Gasteiger partial charge in [0, 0.05) is 31.6 Å². The highest BCUT2D eigenvalue weighted by atomic mass is 19.1. The molecule has 0 unspecified atom stereocenters. The molecule has 0 bridgehead atoms. The predicted molar refractivity (Wildman–Crippen MR) is 114 cm³/mol. The van der Waals surface area contributed by atoms with E-state index in [0.717, 1.165) is 38.8 Å². The Labute approximate surface area is 181 Å². The third-order valence-corrected chi connectivity index (χ3v) is 5.43. The molecule has 0 saturated carbocycles. The highest BCUT2D eigenvalue weighted by molar-refractivity contribution is 5.94. The second kappa shape index (κ2) is 11.1. The first-order valence-corrected chi connectivity index (χ1v) is 10.9. The van der Waals surface area contributed by atoms with Crippen LogP contribution < -0.4 is 15.0 Å². The molecule has 31 heavy (non-hydrogen) atoms. The van der Waals surface area contributed by atoms with Crippen LogP contribution in [0.15, 0.2) is 22.7 Å². The van der Waals surface area contributed by atoms with Crippen LogP contribution in [-0.4, -0.2) is 54.0 Å². The van der Waals surface area contributed by atoms with Crippen molar-refractivity contribution in [1.82, 2.24) is 15.5 Å². The Morgan fingerprint density at radius 1 is 1.39 bits per heavy atom. The van der Waals surface area contributed by atoms with Gasteiger partial charge in [0.1, 0.15) is 11.6 Å². The summed E-state index contributed by atoms with van der Waals surface area (Å²) < 4.78 is 25.1. The van der Waals surface area contributed by atoms with E-state index < -0.39 is 11.7 Å². The zero-order chi connectivity index (χ0) is 22.2. The van der Waals surface area contributed by atoms with Crippen LogP contribution in [0.2, 0.25) is 0 Å². The van der Waals surface area contributed by atoms with Gasteiger partial charge in [-0.05, 0) is 48.9 Å². The van der Waals surface area contributed by atoms with E-state index >= 15 is 0 Å². The number of aromatic nitrogens is 2. The van der Waals surface area contributed by atoms with Crippen LogP contribution in [0.3, 0.4) is 0 Å². The summed E-state index contributed by atoms with van der Waals surface area (Å²) in [5.74, 6) is 1.42. The van der Waals surface area contributed by atoms with Crippen molar-refractivity contribution in [3.05, 3.63) is 35.5 Å². The average Bonchev–Trinajstić information content (AvgIpc) is 3.26. The van der Waals surface area contributed by atoms with Gasteiger partial charge in [-0.1, -0.05) is 13.8 Å².